The fourth-order valence-corrected chi connectivity index (χ4v) is 2.88. The quantitative estimate of drug-likeness (QED) is 0.254. The highest BCUT2D eigenvalue weighted by Gasteiger charge is 2.24. The number of methoxy groups -OCH3 is 1. The summed E-state index contributed by atoms with van der Waals surface area (Å²) in [4.78, 5) is 22.9. The third-order valence-corrected chi connectivity index (χ3v) is 4.78. The molecule has 2 rings (SSSR count). The van der Waals surface area contributed by atoms with Gasteiger partial charge >= 0.3 is 5.97 Å². The number of benzene rings is 1. The largest absolute Gasteiger partial charge is 0.466 e. The first-order chi connectivity index (χ1) is 10.9. The van der Waals surface area contributed by atoms with E-state index >= 15 is 0 Å². The molecule has 1 amide bonds. The highest BCUT2D eigenvalue weighted by Crippen LogP contribution is 2.23. The first kappa shape index (κ1) is 17.6. The van der Waals surface area contributed by atoms with E-state index in [1.165, 1.54) is 19.4 Å². The van der Waals surface area contributed by atoms with E-state index in [4.69, 9.17) is 0 Å². The minimum Gasteiger partial charge on any atom is -0.466 e. The number of nitrogens with zero attached hydrogens (tertiary/aromatic N) is 2. The molecule has 0 aromatic heterocycles. The van der Waals surface area contributed by atoms with Gasteiger partial charge in [0.2, 0.25) is 0 Å². The Kier molecular flexibility index (Phi) is 5.88. The van der Waals surface area contributed by atoms with Crippen molar-refractivity contribution < 1.29 is 18.7 Å². The Morgan fingerprint density at radius 3 is 2.87 bits per heavy atom. The van der Waals surface area contributed by atoms with Crippen molar-refractivity contribution in [2.45, 2.75) is 6.92 Å². The Balaban J connectivity index is 2.11. The molecule has 0 atom stereocenters. The molecule has 1 aromatic carbocycles. The van der Waals surface area contributed by atoms with Crippen molar-refractivity contribution in [3.8, 4) is 0 Å². The second-order valence-electron chi connectivity index (χ2n) is 4.35. The van der Waals surface area contributed by atoms with Crippen molar-refractivity contribution in [2.75, 3.05) is 7.11 Å². The Morgan fingerprint density at radius 1 is 1.48 bits per heavy atom. The van der Waals surface area contributed by atoms with E-state index in [1.807, 2.05) is 22.6 Å². The Morgan fingerprint density at radius 2 is 2.22 bits per heavy atom. The number of amidine groups is 1. The van der Waals surface area contributed by atoms with Gasteiger partial charge in [-0.05, 0) is 64.5 Å². The van der Waals surface area contributed by atoms with Crippen molar-refractivity contribution in [3.63, 3.8) is 0 Å². The lowest BCUT2D eigenvalue weighted by Crippen LogP contribution is -2.19. The van der Waals surface area contributed by atoms with Crippen LogP contribution in [0.5, 0.6) is 0 Å². The van der Waals surface area contributed by atoms with E-state index in [9.17, 15) is 14.0 Å². The zero-order valence-electron chi connectivity index (χ0n) is 12.1. The predicted molar refractivity (Wildman–Crippen MR) is 94.7 cm³/mol. The van der Waals surface area contributed by atoms with Gasteiger partial charge in [0.05, 0.1) is 18.2 Å². The number of nitrogens with one attached hydrogen (secondary N) is 1. The molecule has 0 radical (unpaired) electrons. The van der Waals surface area contributed by atoms with Gasteiger partial charge in [0.15, 0.2) is 5.17 Å². The Hall–Kier alpha value is -1.75. The van der Waals surface area contributed by atoms with Crippen LogP contribution >= 0.6 is 34.4 Å². The molecule has 1 saturated heterocycles. The van der Waals surface area contributed by atoms with Crippen molar-refractivity contribution >= 4 is 57.6 Å². The minimum atomic E-state index is -0.628. The molecule has 1 aliphatic heterocycles. The van der Waals surface area contributed by atoms with Crippen LogP contribution in [-0.4, -0.2) is 30.4 Å². The molecule has 9 heteroatoms. The lowest BCUT2D eigenvalue weighted by atomic mass is 10.1. The summed E-state index contributed by atoms with van der Waals surface area (Å²) in [7, 11) is 1.22. The summed E-state index contributed by atoms with van der Waals surface area (Å²) < 4.78 is 18.8. The number of thioether (sulfide) groups is 1. The number of amides is 1. The number of hydrogen-bond donors (Lipinski definition) is 1. The van der Waals surface area contributed by atoms with Gasteiger partial charge in [0.1, 0.15) is 5.82 Å². The van der Waals surface area contributed by atoms with Gasteiger partial charge in [-0.25, -0.2) is 9.18 Å². The molecule has 1 fully saturated rings. The highest BCUT2D eigenvalue weighted by atomic mass is 127. The Bertz CT molecular complexity index is 739. The number of esters is 1. The number of carbonyl (C=O) groups excluding carboxylic acids is 2. The van der Waals surface area contributed by atoms with Gasteiger partial charge in [-0.1, -0.05) is 0 Å². The first-order valence-corrected chi connectivity index (χ1v) is 8.15. The minimum absolute atomic E-state index is 0.168. The summed E-state index contributed by atoms with van der Waals surface area (Å²) in [6.45, 7) is 1.69. The third-order valence-electron chi connectivity index (χ3n) is 2.76. The molecular weight excluding hydrogens is 436 g/mol. The maximum atomic E-state index is 13.6. The van der Waals surface area contributed by atoms with E-state index in [0.717, 1.165) is 21.4 Å². The number of carbonyl (C=O) groups is 2. The fraction of sp³-hybridized carbons (Fsp3) is 0.143. The van der Waals surface area contributed by atoms with Crippen LogP contribution in [0, 0.1) is 16.3 Å². The monoisotopic (exact) mass is 447 g/mol. The molecule has 0 spiro atoms. The van der Waals surface area contributed by atoms with E-state index in [-0.39, 0.29) is 15.9 Å². The molecule has 0 aliphatic carbocycles. The van der Waals surface area contributed by atoms with E-state index in [0.29, 0.717) is 11.1 Å². The van der Waals surface area contributed by atoms with Gasteiger partial charge in [-0.3, -0.25) is 10.1 Å². The van der Waals surface area contributed by atoms with Gasteiger partial charge in [0, 0.05) is 9.65 Å². The smallest absolute Gasteiger partial charge is 0.331 e. The Labute approximate surface area is 149 Å². The lowest BCUT2D eigenvalue weighted by Gasteiger charge is -2.01. The van der Waals surface area contributed by atoms with Crippen molar-refractivity contribution in [2.24, 2.45) is 10.2 Å². The average molecular weight is 447 g/mol. The van der Waals surface area contributed by atoms with E-state index in [2.05, 4.69) is 20.3 Å². The number of halogens is 2. The molecule has 120 valence electrons. The normalized spacial score (nSPS) is 18.0. The molecule has 1 N–H and O–H groups in total. The molecule has 6 nitrogen and oxygen atoms in total. The summed E-state index contributed by atoms with van der Waals surface area (Å²) in [6.07, 6.45) is 2.45. The highest BCUT2D eigenvalue weighted by molar-refractivity contribution is 14.1. The molecule has 0 saturated carbocycles. The molecule has 1 aliphatic rings. The standard InChI is InChI=1S/C14H11FIN3O3S/c1-7-9(15)3-8(4-10(7)16)6-17-19-14-18-13(21)11(23-14)5-12(20)22-2/h3-6H,1-2H3,(H,18,19,21)/b11-5+,17-6?. The van der Waals surface area contributed by atoms with E-state index < -0.39 is 11.9 Å². The second kappa shape index (κ2) is 7.68. The van der Waals surface area contributed by atoms with Crippen LogP contribution in [-0.2, 0) is 14.3 Å². The fourth-order valence-electron chi connectivity index (χ4n) is 1.53. The maximum absolute atomic E-state index is 13.6. The molecule has 1 aromatic rings. The number of ether oxygens (including phenoxy) is 1. The van der Waals surface area contributed by atoms with Crippen LogP contribution < -0.4 is 5.32 Å². The second-order valence-corrected chi connectivity index (χ2v) is 6.54. The maximum Gasteiger partial charge on any atom is 0.331 e. The lowest BCUT2D eigenvalue weighted by molar-refractivity contribution is -0.135. The summed E-state index contributed by atoms with van der Waals surface area (Å²) in [5, 5.41) is 10.3. The van der Waals surface area contributed by atoms with Crippen molar-refractivity contribution in [1.82, 2.24) is 5.32 Å². The molecular formula is C14H11FIN3O3S. The van der Waals surface area contributed by atoms with Gasteiger partial charge in [0.25, 0.3) is 5.91 Å². The van der Waals surface area contributed by atoms with Crippen LogP contribution in [0.15, 0.2) is 33.3 Å². The third kappa shape index (κ3) is 4.61. The van der Waals surface area contributed by atoms with Crippen LogP contribution in [0.25, 0.3) is 0 Å². The number of rotatable bonds is 3. The average Bonchev–Trinajstić information content (AvgIpc) is 2.84. The van der Waals surface area contributed by atoms with Crippen LogP contribution in [0.3, 0.4) is 0 Å². The summed E-state index contributed by atoms with van der Waals surface area (Å²) in [5.74, 6) is -1.40. The molecule has 23 heavy (non-hydrogen) atoms. The molecule has 0 unspecified atom stereocenters. The van der Waals surface area contributed by atoms with Gasteiger partial charge < -0.3 is 4.74 Å². The predicted octanol–water partition coefficient (Wildman–Crippen LogP) is 2.35. The SMILES string of the molecule is COC(=O)/C=C1/S/C(=N\N=Cc2cc(F)c(C)c(I)c2)NC1=O. The molecule has 1 heterocycles. The number of hydrogen-bond acceptors (Lipinski definition) is 6. The first-order valence-electron chi connectivity index (χ1n) is 6.26. The zero-order valence-corrected chi connectivity index (χ0v) is 15.1. The van der Waals surface area contributed by atoms with E-state index in [1.54, 1.807) is 13.0 Å². The summed E-state index contributed by atoms with van der Waals surface area (Å²) in [5.41, 5.74) is 1.13. The zero-order chi connectivity index (χ0) is 17.0. The van der Waals surface area contributed by atoms with Crippen molar-refractivity contribution in [3.05, 3.63) is 43.6 Å². The summed E-state index contributed by atoms with van der Waals surface area (Å²) in [6, 6.07) is 3.12. The van der Waals surface area contributed by atoms with Crippen LogP contribution in [0.4, 0.5) is 4.39 Å². The summed E-state index contributed by atoms with van der Waals surface area (Å²) >= 11 is 3.00. The van der Waals surface area contributed by atoms with Crippen LogP contribution in [0.1, 0.15) is 11.1 Å². The van der Waals surface area contributed by atoms with Gasteiger partial charge in [-0.15, -0.1) is 5.10 Å². The van der Waals surface area contributed by atoms with Crippen LogP contribution in [0.2, 0.25) is 0 Å². The topological polar surface area (TPSA) is 80.1 Å². The molecule has 0 bridgehead atoms. The van der Waals surface area contributed by atoms with Gasteiger partial charge in [-0.2, -0.15) is 5.10 Å². The van der Waals surface area contributed by atoms with Crippen molar-refractivity contribution in [1.29, 1.82) is 0 Å².